The van der Waals surface area contributed by atoms with E-state index in [1.165, 1.54) is 5.56 Å². The van der Waals surface area contributed by atoms with Gasteiger partial charge in [0, 0.05) is 38.1 Å². The van der Waals surface area contributed by atoms with Crippen molar-refractivity contribution < 1.29 is 4.79 Å². The summed E-state index contributed by atoms with van der Waals surface area (Å²) < 4.78 is 0. The van der Waals surface area contributed by atoms with Crippen molar-refractivity contribution in [3.05, 3.63) is 59.9 Å². The molecule has 1 unspecified atom stereocenters. The largest absolute Gasteiger partial charge is 0.336 e. The maximum absolute atomic E-state index is 12.6. The average molecular weight is 352 g/mol. The number of rotatable bonds is 5. The van der Waals surface area contributed by atoms with Crippen LogP contribution in [0.4, 0.5) is 5.69 Å². The third-order valence-electron chi connectivity index (χ3n) is 5.05. The van der Waals surface area contributed by atoms with Crippen LogP contribution >= 0.6 is 0 Å². The zero-order valence-electron chi connectivity index (χ0n) is 15.7. The van der Waals surface area contributed by atoms with Gasteiger partial charge in [0.1, 0.15) is 5.69 Å². The van der Waals surface area contributed by atoms with Gasteiger partial charge in [-0.2, -0.15) is 0 Å². The second kappa shape index (κ2) is 8.81. The molecule has 0 spiro atoms. The molecule has 26 heavy (non-hydrogen) atoms. The van der Waals surface area contributed by atoms with Crippen LogP contribution in [0.1, 0.15) is 48.7 Å². The van der Waals surface area contributed by atoms with Gasteiger partial charge in [-0.25, -0.2) is 5.01 Å². The summed E-state index contributed by atoms with van der Waals surface area (Å²) in [6.07, 6.45) is 3.76. The molecular weight excluding hydrogens is 324 g/mol. The molecule has 138 valence electrons. The topological polar surface area (TPSA) is 48.5 Å². The van der Waals surface area contributed by atoms with Crippen LogP contribution in [0.3, 0.4) is 0 Å². The molecule has 5 heteroatoms. The normalized spacial score (nSPS) is 16.8. The summed E-state index contributed by atoms with van der Waals surface area (Å²) in [5.41, 5.74) is 6.48. The van der Waals surface area contributed by atoms with Gasteiger partial charge in [-0.1, -0.05) is 32.0 Å². The first-order chi connectivity index (χ1) is 12.7. The smallest absolute Gasteiger partial charge is 0.272 e. The van der Waals surface area contributed by atoms with Crippen LogP contribution in [0, 0.1) is 0 Å². The maximum Gasteiger partial charge on any atom is 0.272 e. The lowest BCUT2D eigenvalue weighted by Crippen LogP contribution is -2.37. The van der Waals surface area contributed by atoms with Crippen LogP contribution in [0.25, 0.3) is 0 Å². The van der Waals surface area contributed by atoms with Crippen LogP contribution in [0.5, 0.6) is 0 Å². The Bertz CT molecular complexity index is 702. The fraction of sp³-hybridized carbons (Fsp3) is 0.429. The Hall–Kier alpha value is -2.40. The van der Waals surface area contributed by atoms with E-state index in [1.54, 1.807) is 12.3 Å². The molecule has 2 heterocycles. The molecule has 1 aromatic carbocycles. The summed E-state index contributed by atoms with van der Waals surface area (Å²) in [4.78, 5) is 18.7. The molecule has 1 atom stereocenters. The lowest BCUT2D eigenvalue weighted by Gasteiger charge is -2.23. The van der Waals surface area contributed by atoms with E-state index in [9.17, 15) is 4.79 Å². The van der Waals surface area contributed by atoms with Gasteiger partial charge in [-0.3, -0.25) is 9.78 Å². The minimum Gasteiger partial charge on any atom is -0.336 e. The van der Waals surface area contributed by atoms with Crippen molar-refractivity contribution in [1.29, 1.82) is 0 Å². The molecule has 0 bridgehead atoms. The number of benzene rings is 1. The van der Waals surface area contributed by atoms with E-state index < -0.39 is 0 Å². The molecule has 1 fully saturated rings. The quantitative estimate of drug-likeness (QED) is 0.890. The Morgan fingerprint density at radius 2 is 1.92 bits per heavy atom. The minimum absolute atomic E-state index is 0.0188. The van der Waals surface area contributed by atoms with Gasteiger partial charge in [0.05, 0.1) is 0 Å². The highest BCUT2D eigenvalue weighted by Crippen LogP contribution is 2.21. The molecule has 2 aromatic rings. The van der Waals surface area contributed by atoms with Crippen molar-refractivity contribution in [2.24, 2.45) is 0 Å². The number of anilines is 1. The number of amides is 1. The fourth-order valence-electron chi connectivity index (χ4n) is 3.19. The predicted molar refractivity (Wildman–Crippen MR) is 105 cm³/mol. The van der Waals surface area contributed by atoms with Crippen molar-refractivity contribution in [3.8, 4) is 0 Å². The van der Waals surface area contributed by atoms with Gasteiger partial charge in [-0.15, -0.1) is 0 Å². The molecule has 1 aliphatic rings. The number of nitrogens with zero attached hydrogens (tertiary/aromatic N) is 3. The van der Waals surface area contributed by atoms with Crippen molar-refractivity contribution in [2.75, 3.05) is 31.6 Å². The van der Waals surface area contributed by atoms with Crippen molar-refractivity contribution in [1.82, 2.24) is 14.9 Å². The Balaban J connectivity index is 1.56. The Kier molecular flexibility index (Phi) is 6.23. The number of carbonyl (C=O) groups excluding carboxylic acids is 1. The number of hydrogen-bond acceptors (Lipinski definition) is 4. The molecule has 0 aliphatic carbocycles. The van der Waals surface area contributed by atoms with Crippen LogP contribution in [0.2, 0.25) is 0 Å². The molecular formula is C21H28N4O. The average Bonchev–Trinajstić information content (AvgIpc) is 2.93. The van der Waals surface area contributed by atoms with E-state index in [2.05, 4.69) is 53.5 Å². The molecule has 1 aliphatic heterocycles. The number of carbonyl (C=O) groups is 1. The van der Waals surface area contributed by atoms with Gasteiger partial charge in [0.25, 0.3) is 5.91 Å². The van der Waals surface area contributed by atoms with E-state index in [0.717, 1.165) is 38.2 Å². The van der Waals surface area contributed by atoms with E-state index >= 15 is 0 Å². The number of aromatic nitrogens is 1. The monoisotopic (exact) mass is 352 g/mol. The first kappa shape index (κ1) is 18.4. The van der Waals surface area contributed by atoms with E-state index in [1.807, 2.05) is 17.0 Å². The first-order valence-electron chi connectivity index (χ1n) is 9.49. The molecule has 1 aromatic heterocycles. The first-order valence-corrected chi connectivity index (χ1v) is 9.49. The molecule has 1 N–H and O–H groups in total. The van der Waals surface area contributed by atoms with Gasteiger partial charge in [0.15, 0.2) is 0 Å². The third kappa shape index (κ3) is 4.61. The standard InChI is InChI=1S/C21H28N4O/c1-3-17(2)18-8-10-19(11-9-18)23-25-14-6-13-24(15-16-25)21(26)20-7-4-5-12-22-20/h4-5,7-12,17,23H,3,6,13-16H2,1-2H3. The van der Waals surface area contributed by atoms with Crippen LogP contribution < -0.4 is 5.43 Å². The second-order valence-corrected chi connectivity index (χ2v) is 6.89. The van der Waals surface area contributed by atoms with E-state index in [-0.39, 0.29) is 5.91 Å². The number of hydrazine groups is 1. The maximum atomic E-state index is 12.6. The highest BCUT2D eigenvalue weighted by Gasteiger charge is 2.21. The number of pyridine rings is 1. The Labute approximate surface area is 156 Å². The lowest BCUT2D eigenvalue weighted by atomic mass is 9.99. The van der Waals surface area contributed by atoms with E-state index in [0.29, 0.717) is 18.2 Å². The van der Waals surface area contributed by atoms with Gasteiger partial charge < -0.3 is 10.3 Å². The molecule has 5 nitrogen and oxygen atoms in total. The summed E-state index contributed by atoms with van der Waals surface area (Å²) in [7, 11) is 0. The molecule has 0 radical (unpaired) electrons. The molecule has 0 saturated carbocycles. The van der Waals surface area contributed by atoms with Crippen molar-refractivity contribution in [2.45, 2.75) is 32.6 Å². The Morgan fingerprint density at radius 3 is 2.62 bits per heavy atom. The Morgan fingerprint density at radius 1 is 1.12 bits per heavy atom. The highest BCUT2D eigenvalue weighted by atomic mass is 16.2. The zero-order chi connectivity index (χ0) is 18.4. The fourth-order valence-corrected chi connectivity index (χ4v) is 3.19. The summed E-state index contributed by atoms with van der Waals surface area (Å²) in [5, 5.41) is 2.20. The summed E-state index contributed by atoms with van der Waals surface area (Å²) >= 11 is 0. The zero-order valence-corrected chi connectivity index (χ0v) is 15.7. The predicted octanol–water partition coefficient (Wildman–Crippen LogP) is 3.77. The van der Waals surface area contributed by atoms with Gasteiger partial charge in [-0.05, 0) is 48.6 Å². The third-order valence-corrected chi connectivity index (χ3v) is 5.05. The van der Waals surface area contributed by atoms with E-state index in [4.69, 9.17) is 0 Å². The SMILES string of the molecule is CCC(C)c1ccc(NN2CCCN(C(=O)c3ccccn3)CC2)cc1. The molecule has 1 amide bonds. The molecule has 3 rings (SSSR count). The highest BCUT2D eigenvalue weighted by molar-refractivity contribution is 5.92. The van der Waals surface area contributed by atoms with Crippen molar-refractivity contribution >= 4 is 11.6 Å². The summed E-state index contributed by atoms with van der Waals surface area (Å²) in [6, 6.07) is 14.2. The lowest BCUT2D eigenvalue weighted by molar-refractivity contribution is 0.0757. The van der Waals surface area contributed by atoms with Crippen LogP contribution in [-0.2, 0) is 0 Å². The summed E-state index contributed by atoms with van der Waals surface area (Å²) in [5.74, 6) is 0.610. The van der Waals surface area contributed by atoms with Gasteiger partial charge in [0.2, 0.25) is 0 Å². The number of nitrogens with one attached hydrogen (secondary N) is 1. The van der Waals surface area contributed by atoms with Crippen LogP contribution in [-0.4, -0.2) is 47.0 Å². The number of hydrogen-bond donors (Lipinski definition) is 1. The minimum atomic E-state index is 0.0188. The second-order valence-electron chi connectivity index (χ2n) is 6.89. The van der Waals surface area contributed by atoms with Gasteiger partial charge >= 0.3 is 0 Å². The molecule has 1 saturated heterocycles. The van der Waals surface area contributed by atoms with Crippen molar-refractivity contribution in [3.63, 3.8) is 0 Å². The van der Waals surface area contributed by atoms with Crippen LogP contribution in [0.15, 0.2) is 48.7 Å². The summed E-state index contributed by atoms with van der Waals surface area (Å²) in [6.45, 7) is 7.65.